The number of esters is 1. The molecule has 2 atom stereocenters. The molecule has 6 heteroatoms. The van der Waals surface area contributed by atoms with E-state index in [2.05, 4.69) is 0 Å². The van der Waals surface area contributed by atoms with Gasteiger partial charge in [-0.3, -0.25) is 4.79 Å². The van der Waals surface area contributed by atoms with Gasteiger partial charge in [0, 0.05) is 13.1 Å². The average Bonchev–Trinajstić information content (AvgIpc) is 2.88. The molecule has 0 spiro atoms. The third kappa shape index (κ3) is 3.78. The van der Waals surface area contributed by atoms with Crippen LogP contribution in [0.1, 0.15) is 23.5 Å². The molecule has 1 amide bonds. The van der Waals surface area contributed by atoms with Crippen LogP contribution in [0.25, 0.3) is 0 Å². The fourth-order valence-electron chi connectivity index (χ4n) is 2.07. The lowest BCUT2D eigenvalue weighted by Crippen LogP contribution is -2.49. The van der Waals surface area contributed by atoms with Gasteiger partial charge in [0.1, 0.15) is 4.88 Å². The molecule has 0 radical (unpaired) electrons. The molecule has 0 bridgehead atoms. The monoisotopic (exact) mass is 283 g/mol. The summed E-state index contributed by atoms with van der Waals surface area (Å²) in [6.07, 6.45) is 0.0291. The number of carbonyl (C=O) groups is 2. The first-order valence-corrected chi connectivity index (χ1v) is 7.08. The molecule has 0 aromatic carbocycles. The fourth-order valence-corrected chi connectivity index (χ4v) is 2.68. The van der Waals surface area contributed by atoms with Crippen LogP contribution in [-0.2, 0) is 14.3 Å². The average molecular weight is 283 g/mol. The molecule has 2 heterocycles. The Labute approximate surface area is 116 Å². The summed E-state index contributed by atoms with van der Waals surface area (Å²) in [5.41, 5.74) is 0. The molecule has 0 N–H and O–H groups in total. The number of amides is 1. The summed E-state index contributed by atoms with van der Waals surface area (Å²) in [6, 6.07) is 3.45. The highest BCUT2D eigenvalue weighted by molar-refractivity contribution is 7.11. The van der Waals surface area contributed by atoms with Crippen molar-refractivity contribution in [1.82, 2.24) is 4.90 Å². The summed E-state index contributed by atoms with van der Waals surface area (Å²) in [6.45, 7) is 4.72. The number of hydrogen-bond donors (Lipinski definition) is 0. The third-order valence-electron chi connectivity index (χ3n) is 2.82. The molecular weight excluding hydrogens is 266 g/mol. The Kier molecular flexibility index (Phi) is 4.55. The van der Waals surface area contributed by atoms with Crippen LogP contribution in [0, 0.1) is 0 Å². The van der Waals surface area contributed by atoms with Gasteiger partial charge in [0.15, 0.2) is 6.61 Å². The second-order valence-corrected chi connectivity index (χ2v) is 5.56. The van der Waals surface area contributed by atoms with Crippen LogP contribution < -0.4 is 0 Å². The van der Waals surface area contributed by atoms with Gasteiger partial charge in [0.25, 0.3) is 5.91 Å². The van der Waals surface area contributed by atoms with Gasteiger partial charge >= 0.3 is 5.97 Å². The second kappa shape index (κ2) is 6.16. The molecule has 1 saturated heterocycles. The van der Waals surface area contributed by atoms with E-state index in [4.69, 9.17) is 9.47 Å². The Balaban J connectivity index is 1.82. The molecule has 5 nitrogen and oxygen atoms in total. The normalized spacial score (nSPS) is 23.2. The summed E-state index contributed by atoms with van der Waals surface area (Å²) in [4.78, 5) is 25.8. The Morgan fingerprint density at radius 3 is 2.68 bits per heavy atom. The van der Waals surface area contributed by atoms with Crippen LogP contribution in [0.2, 0.25) is 0 Å². The van der Waals surface area contributed by atoms with Crippen molar-refractivity contribution in [2.75, 3.05) is 19.7 Å². The summed E-state index contributed by atoms with van der Waals surface area (Å²) in [5, 5.41) is 1.80. The van der Waals surface area contributed by atoms with Gasteiger partial charge in [-0.1, -0.05) is 6.07 Å². The summed E-state index contributed by atoms with van der Waals surface area (Å²) < 4.78 is 10.6. The maximum atomic E-state index is 12.0. The zero-order valence-corrected chi connectivity index (χ0v) is 11.8. The standard InChI is InChI=1S/C13H17NO4S/c1-9-6-14(7-10(2)18-9)12(15)8-17-13(16)11-4-3-5-19-11/h3-5,9-10H,6-8H2,1-2H3/t9-,10-/m1/s1. The van der Waals surface area contributed by atoms with Crippen molar-refractivity contribution >= 4 is 23.2 Å². The van der Waals surface area contributed by atoms with Gasteiger partial charge in [-0.05, 0) is 25.3 Å². The number of carbonyl (C=O) groups excluding carboxylic acids is 2. The molecule has 2 rings (SSSR count). The van der Waals surface area contributed by atoms with E-state index in [9.17, 15) is 9.59 Å². The number of morpholine rings is 1. The second-order valence-electron chi connectivity index (χ2n) is 4.61. The number of nitrogens with zero attached hydrogens (tertiary/aromatic N) is 1. The maximum absolute atomic E-state index is 12.0. The molecule has 1 aromatic rings. The Bertz CT molecular complexity index is 436. The molecule has 104 valence electrons. The smallest absolute Gasteiger partial charge is 0.348 e. The first kappa shape index (κ1) is 14.0. The highest BCUT2D eigenvalue weighted by Crippen LogP contribution is 2.12. The van der Waals surface area contributed by atoms with Gasteiger partial charge in [0.05, 0.1) is 12.2 Å². The largest absolute Gasteiger partial charge is 0.451 e. The van der Waals surface area contributed by atoms with Crippen LogP contribution in [0.15, 0.2) is 17.5 Å². The molecular formula is C13H17NO4S. The molecule has 0 aliphatic carbocycles. The van der Waals surface area contributed by atoms with Gasteiger partial charge in [-0.2, -0.15) is 0 Å². The highest BCUT2D eigenvalue weighted by atomic mass is 32.1. The summed E-state index contributed by atoms with van der Waals surface area (Å²) >= 11 is 1.30. The number of thiophene rings is 1. The molecule has 0 unspecified atom stereocenters. The molecule has 1 aliphatic heterocycles. The van der Waals surface area contributed by atoms with Crippen molar-refractivity contribution in [3.63, 3.8) is 0 Å². The van der Waals surface area contributed by atoms with Crippen molar-refractivity contribution < 1.29 is 19.1 Å². The number of hydrogen-bond acceptors (Lipinski definition) is 5. The third-order valence-corrected chi connectivity index (χ3v) is 3.67. The fraction of sp³-hybridized carbons (Fsp3) is 0.538. The predicted molar refractivity (Wildman–Crippen MR) is 71.2 cm³/mol. The Morgan fingerprint density at radius 2 is 2.11 bits per heavy atom. The minimum Gasteiger partial charge on any atom is -0.451 e. The lowest BCUT2D eigenvalue weighted by atomic mass is 10.2. The van der Waals surface area contributed by atoms with Gasteiger partial charge in [0.2, 0.25) is 0 Å². The van der Waals surface area contributed by atoms with Crippen LogP contribution in [-0.4, -0.2) is 48.7 Å². The van der Waals surface area contributed by atoms with E-state index in [1.54, 1.807) is 22.4 Å². The van der Waals surface area contributed by atoms with Crippen molar-refractivity contribution in [3.05, 3.63) is 22.4 Å². The minimum absolute atomic E-state index is 0.0145. The van der Waals surface area contributed by atoms with E-state index in [0.29, 0.717) is 18.0 Å². The topological polar surface area (TPSA) is 55.8 Å². The van der Waals surface area contributed by atoms with E-state index in [1.807, 2.05) is 13.8 Å². The van der Waals surface area contributed by atoms with E-state index >= 15 is 0 Å². The Hall–Kier alpha value is -1.40. The number of rotatable bonds is 3. The van der Waals surface area contributed by atoms with Crippen molar-refractivity contribution in [2.24, 2.45) is 0 Å². The molecule has 0 saturated carbocycles. The molecule has 1 aromatic heterocycles. The van der Waals surface area contributed by atoms with E-state index in [0.717, 1.165) is 0 Å². The van der Waals surface area contributed by atoms with Gasteiger partial charge in [-0.25, -0.2) is 4.79 Å². The quantitative estimate of drug-likeness (QED) is 0.790. The van der Waals surface area contributed by atoms with Crippen LogP contribution in [0.4, 0.5) is 0 Å². The van der Waals surface area contributed by atoms with Gasteiger partial charge < -0.3 is 14.4 Å². The van der Waals surface area contributed by atoms with Crippen molar-refractivity contribution in [2.45, 2.75) is 26.1 Å². The predicted octanol–water partition coefficient (Wildman–Crippen LogP) is 1.54. The Morgan fingerprint density at radius 1 is 1.42 bits per heavy atom. The van der Waals surface area contributed by atoms with E-state index in [1.165, 1.54) is 11.3 Å². The first-order chi connectivity index (χ1) is 9.06. The molecule has 19 heavy (non-hydrogen) atoms. The van der Waals surface area contributed by atoms with Crippen molar-refractivity contribution in [3.8, 4) is 0 Å². The highest BCUT2D eigenvalue weighted by Gasteiger charge is 2.26. The lowest BCUT2D eigenvalue weighted by Gasteiger charge is -2.35. The van der Waals surface area contributed by atoms with Crippen LogP contribution >= 0.6 is 11.3 Å². The van der Waals surface area contributed by atoms with E-state index < -0.39 is 5.97 Å². The summed E-state index contributed by atoms with van der Waals surface area (Å²) in [5.74, 6) is -0.621. The first-order valence-electron chi connectivity index (χ1n) is 6.20. The lowest BCUT2D eigenvalue weighted by molar-refractivity contribution is -0.146. The van der Waals surface area contributed by atoms with Crippen LogP contribution in [0.5, 0.6) is 0 Å². The number of ether oxygens (including phenoxy) is 2. The molecule has 1 fully saturated rings. The molecule has 1 aliphatic rings. The van der Waals surface area contributed by atoms with E-state index in [-0.39, 0.29) is 24.7 Å². The zero-order chi connectivity index (χ0) is 13.8. The van der Waals surface area contributed by atoms with Crippen LogP contribution in [0.3, 0.4) is 0 Å². The maximum Gasteiger partial charge on any atom is 0.348 e. The summed E-state index contributed by atoms with van der Waals surface area (Å²) in [7, 11) is 0. The minimum atomic E-state index is -0.447. The van der Waals surface area contributed by atoms with Gasteiger partial charge in [-0.15, -0.1) is 11.3 Å². The SMILES string of the molecule is C[C@@H]1CN(C(=O)COC(=O)c2cccs2)C[C@@H](C)O1. The zero-order valence-electron chi connectivity index (χ0n) is 11.0. The van der Waals surface area contributed by atoms with Crippen molar-refractivity contribution in [1.29, 1.82) is 0 Å².